The van der Waals surface area contributed by atoms with Crippen LogP contribution in [-0.2, 0) is 17.8 Å². The van der Waals surface area contributed by atoms with E-state index in [9.17, 15) is 4.79 Å². The van der Waals surface area contributed by atoms with Gasteiger partial charge in [-0.05, 0) is 0 Å². The Morgan fingerprint density at radius 3 is 2.65 bits per heavy atom. The van der Waals surface area contributed by atoms with E-state index in [4.69, 9.17) is 5.11 Å². The maximum absolute atomic E-state index is 10.5. The van der Waals surface area contributed by atoms with E-state index in [2.05, 4.69) is 23.0 Å². The van der Waals surface area contributed by atoms with Crippen LogP contribution in [-0.4, -0.2) is 34.0 Å². The van der Waals surface area contributed by atoms with Crippen molar-refractivity contribution in [3.8, 4) is 0 Å². The number of nitrogens with zero attached hydrogens (tertiary/aromatic N) is 2. The van der Waals surface area contributed by atoms with Gasteiger partial charge in [-0.2, -0.15) is 0 Å². The second-order valence-corrected chi connectivity index (χ2v) is 4.52. The fourth-order valence-corrected chi connectivity index (χ4v) is 2.25. The van der Waals surface area contributed by atoms with E-state index in [1.807, 2.05) is 12.2 Å². The molecule has 92 valence electrons. The molecule has 1 aromatic heterocycles. The zero-order chi connectivity index (χ0) is 12.7. The highest BCUT2D eigenvalue weighted by atomic mass is 32.1. The first-order valence-corrected chi connectivity index (χ1v) is 6.13. The molecular formula is C12H16N2O2S. The highest BCUT2D eigenvalue weighted by Gasteiger charge is 2.09. The lowest BCUT2D eigenvalue weighted by Crippen LogP contribution is -2.23. The molecule has 0 amide bonds. The van der Waals surface area contributed by atoms with Gasteiger partial charge in [0.1, 0.15) is 5.01 Å². The van der Waals surface area contributed by atoms with E-state index in [1.165, 1.54) is 11.3 Å². The zero-order valence-corrected chi connectivity index (χ0v) is 10.4. The lowest BCUT2D eigenvalue weighted by molar-refractivity contribution is -0.136. The number of aromatic nitrogens is 1. The molecule has 0 fully saturated rings. The third-order valence-electron chi connectivity index (χ3n) is 2.07. The maximum Gasteiger partial charge on any atom is 0.309 e. The molecule has 17 heavy (non-hydrogen) atoms. The third-order valence-corrected chi connectivity index (χ3v) is 2.95. The fourth-order valence-electron chi connectivity index (χ4n) is 1.42. The Hall–Kier alpha value is -1.46. The van der Waals surface area contributed by atoms with Gasteiger partial charge in [0.05, 0.1) is 18.7 Å². The van der Waals surface area contributed by atoms with Crippen LogP contribution < -0.4 is 0 Å². The number of carboxylic acid groups (broad SMARTS) is 1. The second kappa shape index (κ2) is 6.98. The van der Waals surface area contributed by atoms with Crippen LogP contribution in [0, 0.1) is 0 Å². The Bertz CT molecular complexity index is 391. The third kappa shape index (κ3) is 4.93. The van der Waals surface area contributed by atoms with Crippen LogP contribution in [0.3, 0.4) is 0 Å². The number of hydrogen-bond acceptors (Lipinski definition) is 4. The standard InChI is InChI=1S/C12H16N2O2S/c1-3-5-14(6-4-2)8-11-13-10(9-17-11)7-12(15)16/h3-4,9H,1-2,5-8H2,(H,15,16). The summed E-state index contributed by atoms with van der Waals surface area (Å²) in [6.45, 7) is 9.62. The summed E-state index contributed by atoms with van der Waals surface area (Å²) in [5, 5.41) is 11.4. The lowest BCUT2D eigenvalue weighted by atomic mass is 10.3. The van der Waals surface area contributed by atoms with Gasteiger partial charge in [0.2, 0.25) is 0 Å². The zero-order valence-electron chi connectivity index (χ0n) is 9.63. The first-order valence-electron chi connectivity index (χ1n) is 5.25. The molecule has 0 aromatic carbocycles. The maximum atomic E-state index is 10.5. The molecular weight excluding hydrogens is 236 g/mol. The van der Waals surface area contributed by atoms with E-state index in [0.717, 1.165) is 18.1 Å². The van der Waals surface area contributed by atoms with Gasteiger partial charge in [0.25, 0.3) is 0 Å². The summed E-state index contributed by atoms with van der Waals surface area (Å²) in [7, 11) is 0. The van der Waals surface area contributed by atoms with Crippen molar-refractivity contribution in [2.24, 2.45) is 0 Å². The van der Waals surface area contributed by atoms with Crippen LogP contribution in [0.5, 0.6) is 0 Å². The van der Waals surface area contributed by atoms with Gasteiger partial charge in [-0.15, -0.1) is 24.5 Å². The molecule has 0 radical (unpaired) electrons. The molecule has 1 rings (SSSR count). The molecule has 0 saturated carbocycles. The van der Waals surface area contributed by atoms with Crippen LogP contribution in [0.1, 0.15) is 10.7 Å². The van der Waals surface area contributed by atoms with Crippen molar-refractivity contribution in [3.63, 3.8) is 0 Å². The van der Waals surface area contributed by atoms with E-state index in [1.54, 1.807) is 5.38 Å². The number of carbonyl (C=O) groups is 1. The van der Waals surface area contributed by atoms with Crippen molar-refractivity contribution in [2.75, 3.05) is 13.1 Å². The van der Waals surface area contributed by atoms with Crippen molar-refractivity contribution >= 4 is 17.3 Å². The predicted molar refractivity (Wildman–Crippen MR) is 69.1 cm³/mol. The quantitative estimate of drug-likeness (QED) is 0.718. The number of rotatable bonds is 8. The molecule has 0 unspecified atom stereocenters. The molecule has 1 heterocycles. The Balaban J connectivity index is 2.59. The Kier molecular flexibility index (Phi) is 5.59. The molecule has 0 atom stereocenters. The van der Waals surface area contributed by atoms with Crippen LogP contribution >= 0.6 is 11.3 Å². The number of thiazole rings is 1. The average Bonchev–Trinajstić information content (AvgIpc) is 2.65. The van der Waals surface area contributed by atoms with E-state index in [-0.39, 0.29) is 6.42 Å². The summed E-state index contributed by atoms with van der Waals surface area (Å²) < 4.78 is 0. The highest BCUT2D eigenvalue weighted by molar-refractivity contribution is 7.09. The molecule has 4 nitrogen and oxygen atoms in total. The number of hydrogen-bond donors (Lipinski definition) is 1. The van der Waals surface area contributed by atoms with Crippen molar-refractivity contribution in [1.29, 1.82) is 0 Å². The fraction of sp³-hybridized carbons (Fsp3) is 0.333. The Morgan fingerprint density at radius 1 is 1.47 bits per heavy atom. The predicted octanol–water partition coefficient (Wildman–Crippen LogP) is 1.94. The molecule has 0 saturated heterocycles. The van der Waals surface area contributed by atoms with Gasteiger partial charge in [-0.25, -0.2) is 4.98 Å². The molecule has 1 N–H and O–H groups in total. The Morgan fingerprint density at radius 2 is 2.12 bits per heavy atom. The van der Waals surface area contributed by atoms with Gasteiger partial charge in [0, 0.05) is 18.5 Å². The van der Waals surface area contributed by atoms with Gasteiger partial charge >= 0.3 is 5.97 Å². The number of aliphatic carboxylic acids is 1. The molecule has 0 aliphatic rings. The van der Waals surface area contributed by atoms with E-state index >= 15 is 0 Å². The molecule has 5 heteroatoms. The molecule has 0 aliphatic heterocycles. The van der Waals surface area contributed by atoms with Crippen molar-refractivity contribution in [2.45, 2.75) is 13.0 Å². The number of carboxylic acids is 1. The smallest absolute Gasteiger partial charge is 0.309 e. The summed E-state index contributed by atoms with van der Waals surface area (Å²) in [5.41, 5.74) is 0.620. The molecule has 0 spiro atoms. The van der Waals surface area contributed by atoms with Gasteiger partial charge in [-0.3, -0.25) is 9.69 Å². The average molecular weight is 252 g/mol. The van der Waals surface area contributed by atoms with E-state index in [0.29, 0.717) is 12.2 Å². The first-order chi connectivity index (χ1) is 8.15. The SMILES string of the molecule is C=CCN(CC=C)Cc1nc(CC(=O)O)cs1. The second-order valence-electron chi connectivity index (χ2n) is 3.57. The van der Waals surface area contributed by atoms with Crippen LogP contribution in [0.25, 0.3) is 0 Å². The van der Waals surface area contributed by atoms with Gasteiger partial charge in [-0.1, -0.05) is 12.2 Å². The summed E-state index contributed by atoms with van der Waals surface area (Å²) in [5.74, 6) is -0.851. The normalized spacial score (nSPS) is 10.4. The van der Waals surface area contributed by atoms with Crippen molar-refractivity contribution < 1.29 is 9.90 Å². The molecule has 0 aliphatic carbocycles. The first kappa shape index (κ1) is 13.6. The van der Waals surface area contributed by atoms with E-state index < -0.39 is 5.97 Å². The monoisotopic (exact) mass is 252 g/mol. The van der Waals surface area contributed by atoms with Gasteiger partial charge in [0.15, 0.2) is 0 Å². The van der Waals surface area contributed by atoms with Crippen LogP contribution in [0.15, 0.2) is 30.7 Å². The largest absolute Gasteiger partial charge is 0.481 e. The highest BCUT2D eigenvalue weighted by Crippen LogP contribution is 2.13. The Labute approximate surface area is 105 Å². The summed E-state index contributed by atoms with van der Waals surface area (Å²) in [4.78, 5) is 16.9. The lowest BCUT2D eigenvalue weighted by Gasteiger charge is -2.16. The van der Waals surface area contributed by atoms with Crippen molar-refractivity contribution in [1.82, 2.24) is 9.88 Å². The topological polar surface area (TPSA) is 53.4 Å². The minimum Gasteiger partial charge on any atom is -0.481 e. The minimum atomic E-state index is -0.851. The van der Waals surface area contributed by atoms with Crippen molar-refractivity contribution in [3.05, 3.63) is 41.4 Å². The summed E-state index contributed by atoms with van der Waals surface area (Å²) in [6, 6.07) is 0. The molecule has 0 bridgehead atoms. The minimum absolute atomic E-state index is 0.0145. The van der Waals surface area contributed by atoms with Crippen LogP contribution in [0.2, 0.25) is 0 Å². The summed E-state index contributed by atoms with van der Waals surface area (Å²) in [6.07, 6.45) is 3.64. The van der Waals surface area contributed by atoms with Crippen LogP contribution in [0.4, 0.5) is 0 Å². The van der Waals surface area contributed by atoms with Gasteiger partial charge < -0.3 is 5.11 Å². The molecule has 1 aromatic rings. The summed E-state index contributed by atoms with van der Waals surface area (Å²) >= 11 is 1.49.